The average molecular weight is 235 g/mol. The van der Waals surface area contributed by atoms with Crippen molar-refractivity contribution in [2.75, 3.05) is 6.54 Å². The van der Waals surface area contributed by atoms with Crippen molar-refractivity contribution in [3.63, 3.8) is 0 Å². The van der Waals surface area contributed by atoms with Gasteiger partial charge in [0.2, 0.25) is 5.91 Å². The zero-order valence-corrected chi connectivity index (χ0v) is 10.5. The van der Waals surface area contributed by atoms with Crippen molar-refractivity contribution in [1.82, 2.24) is 5.32 Å². The molecule has 1 aromatic carbocycles. The molecule has 1 amide bonds. The van der Waals surface area contributed by atoms with Gasteiger partial charge in [0, 0.05) is 17.5 Å². The number of hydrogen-bond acceptors (Lipinski definition) is 2. The van der Waals surface area contributed by atoms with E-state index in [0.717, 1.165) is 11.4 Å². The van der Waals surface area contributed by atoms with Crippen molar-refractivity contribution in [1.29, 1.82) is 0 Å². The maximum absolute atomic E-state index is 11.3. The van der Waals surface area contributed by atoms with E-state index in [4.69, 9.17) is 0 Å². The first-order valence-electron chi connectivity index (χ1n) is 5.34. The van der Waals surface area contributed by atoms with E-state index in [2.05, 4.69) is 19.2 Å². The van der Waals surface area contributed by atoms with Crippen molar-refractivity contribution in [3.05, 3.63) is 41.8 Å². The van der Waals surface area contributed by atoms with Crippen molar-refractivity contribution in [2.45, 2.75) is 18.7 Å². The topological polar surface area (TPSA) is 29.1 Å². The molecule has 0 unspecified atom stereocenters. The second-order valence-electron chi connectivity index (χ2n) is 3.87. The number of hydrogen-bond donors (Lipinski definition) is 1. The van der Waals surface area contributed by atoms with Gasteiger partial charge < -0.3 is 5.32 Å². The van der Waals surface area contributed by atoms with Gasteiger partial charge in [-0.05, 0) is 23.5 Å². The summed E-state index contributed by atoms with van der Waals surface area (Å²) in [5, 5.41) is 4.64. The van der Waals surface area contributed by atoms with E-state index in [1.54, 1.807) is 17.8 Å². The lowest BCUT2D eigenvalue weighted by Crippen LogP contribution is -2.25. The van der Waals surface area contributed by atoms with Gasteiger partial charge in [-0.3, -0.25) is 4.79 Å². The normalized spacial score (nSPS) is 10.9. The van der Waals surface area contributed by atoms with Gasteiger partial charge in [-0.1, -0.05) is 43.8 Å². The van der Waals surface area contributed by atoms with E-state index in [1.807, 2.05) is 35.7 Å². The average Bonchev–Trinajstić information content (AvgIpc) is 2.28. The smallest absolute Gasteiger partial charge is 0.244 e. The molecule has 1 aromatic rings. The van der Waals surface area contributed by atoms with Crippen LogP contribution in [0.3, 0.4) is 0 Å². The Morgan fingerprint density at radius 3 is 2.69 bits per heavy atom. The molecule has 86 valence electrons. The Morgan fingerprint density at radius 2 is 2.06 bits per heavy atom. The molecule has 0 fully saturated rings. The highest BCUT2D eigenvalue weighted by molar-refractivity contribution is 8.02. The Hall–Kier alpha value is -1.22. The van der Waals surface area contributed by atoms with Crippen LogP contribution in [0.4, 0.5) is 0 Å². The lowest BCUT2D eigenvalue weighted by molar-refractivity contribution is -0.116. The largest absolute Gasteiger partial charge is 0.352 e. The molecule has 2 nitrogen and oxygen atoms in total. The maximum atomic E-state index is 11.3. The molecule has 0 saturated heterocycles. The monoisotopic (exact) mass is 235 g/mol. The Balaban J connectivity index is 2.29. The number of nitrogens with one attached hydrogen (secondary N) is 1. The minimum atomic E-state index is -0.0304. The van der Waals surface area contributed by atoms with Crippen molar-refractivity contribution in [2.24, 2.45) is 5.92 Å². The van der Waals surface area contributed by atoms with Crippen LogP contribution in [0.1, 0.15) is 13.8 Å². The summed E-state index contributed by atoms with van der Waals surface area (Å²) in [6.45, 7) is 4.87. The van der Waals surface area contributed by atoms with Crippen LogP contribution in [-0.4, -0.2) is 12.5 Å². The molecule has 0 heterocycles. The lowest BCUT2D eigenvalue weighted by atomic mass is 10.2. The van der Waals surface area contributed by atoms with E-state index >= 15 is 0 Å². The maximum Gasteiger partial charge on any atom is 0.244 e. The molecular formula is C13H17NOS. The van der Waals surface area contributed by atoms with Crippen LogP contribution in [0.15, 0.2) is 46.7 Å². The summed E-state index contributed by atoms with van der Waals surface area (Å²) in [4.78, 5) is 12.5. The highest BCUT2D eigenvalue weighted by Gasteiger charge is 1.96. The summed E-state index contributed by atoms with van der Waals surface area (Å²) < 4.78 is 0. The number of carbonyl (C=O) groups is 1. The summed E-state index contributed by atoms with van der Waals surface area (Å²) in [5.74, 6) is 0.455. The number of benzene rings is 1. The van der Waals surface area contributed by atoms with Gasteiger partial charge in [0.15, 0.2) is 0 Å². The Bertz CT molecular complexity index is 346. The second-order valence-corrected chi connectivity index (χ2v) is 4.85. The second kappa shape index (κ2) is 7.12. The number of rotatable bonds is 5. The van der Waals surface area contributed by atoms with Gasteiger partial charge in [0.05, 0.1) is 0 Å². The highest BCUT2D eigenvalue weighted by Crippen LogP contribution is 2.17. The molecule has 1 rings (SSSR count). The Labute approximate surface area is 101 Å². The van der Waals surface area contributed by atoms with Gasteiger partial charge in [-0.25, -0.2) is 0 Å². The zero-order valence-electron chi connectivity index (χ0n) is 9.64. The quantitative estimate of drug-likeness (QED) is 0.628. The third-order valence-electron chi connectivity index (χ3n) is 1.85. The third kappa shape index (κ3) is 5.61. The van der Waals surface area contributed by atoms with Crippen LogP contribution in [0, 0.1) is 5.92 Å². The molecule has 0 spiro atoms. The number of carbonyl (C=O) groups excluding carboxylic acids is 1. The summed E-state index contributed by atoms with van der Waals surface area (Å²) in [6.07, 6.45) is 1.57. The summed E-state index contributed by atoms with van der Waals surface area (Å²) >= 11 is 1.54. The third-order valence-corrected chi connectivity index (χ3v) is 2.67. The Morgan fingerprint density at radius 1 is 1.38 bits per heavy atom. The standard InChI is InChI=1S/C13H17NOS/c1-11(2)10-14-13(15)8-9-16-12-6-4-3-5-7-12/h3-9,11H,10H2,1-2H3,(H,14,15)/b9-8+. The molecule has 0 radical (unpaired) electrons. The number of amides is 1. The van der Waals surface area contributed by atoms with Gasteiger partial charge >= 0.3 is 0 Å². The van der Waals surface area contributed by atoms with E-state index in [9.17, 15) is 4.79 Å². The predicted molar refractivity (Wildman–Crippen MR) is 69.3 cm³/mol. The van der Waals surface area contributed by atoms with Crippen LogP contribution in [0.25, 0.3) is 0 Å². The fourth-order valence-electron chi connectivity index (χ4n) is 1.04. The molecule has 3 heteroatoms. The Kier molecular flexibility index (Phi) is 5.72. The highest BCUT2D eigenvalue weighted by atomic mass is 32.2. The zero-order chi connectivity index (χ0) is 11.8. The predicted octanol–water partition coefficient (Wildman–Crippen LogP) is 3.06. The summed E-state index contributed by atoms with van der Waals surface area (Å²) in [5.41, 5.74) is 0. The minimum Gasteiger partial charge on any atom is -0.352 e. The molecule has 0 atom stereocenters. The SMILES string of the molecule is CC(C)CNC(=O)/C=C/Sc1ccccc1. The molecule has 0 saturated carbocycles. The van der Waals surface area contributed by atoms with E-state index in [-0.39, 0.29) is 5.91 Å². The molecule has 0 aromatic heterocycles. The molecule has 1 N–H and O–H groups in total. The van der Waals surface area contributed by atoms with Gasteiger partial charge in [-0.15, -0.1) is 0 Å². The minimum absolute atomic E-state index is 0.0304. The van der Waals surface area contributed by atoms with E-state index < -0.39 is 0 Å². The van der Waals surface area contributed by atoms with Gasteiger partial charge in [0.1, 0.15) is 0 Å². The molecule has 0 aliphatic heterocycles. The molecule has 0 bridgehead atoms. The van der Waals surface area contributed by atoms with E-state index in [1.165, 1.54) is 0 Å². The number of thioether (sulfide) groups is 1. The van der Waals surface area contributed by atoms with Gasteiger partial charge in [0.25, 0.3) is 0 Å². The first-order chi connectivity index (χ1) is 7.68. The van der Waals surface area contributed by atoms with Crippen LogP contribution >= 0.6 is 11.8 Å². The first-order valence-corrected chi connectivity index (χ1v) is 6.22. The van der Waals surface area contributed by atoms with E-state index in [0.29, 0.717) is 5.92 Å². The molecule has 16 heavy (non-hydrogen) atoms. The summed E-state index contributed by atoms with van der Waals surface area (Å²) in [6, 6.07) is 9.97. The van der Waals surface area contributed by atoms with Crippen LogP contribution in [0.2, 0.25) is 0 Å². The van der Waals surface area contributed by atoms with Crippen LogP contribution in [-0.2, 0) is 4.79 Å². The molecule has 0 aliphatic carbocycles. The van der Waals surface area contributed by atoms with Crippen molar-refractivity contribution < 1.29 is 4.79 Å². The first kappa shape index (κ1) is 12.8. The van der Waals surface area contributed by atoms with Crippen LogP contribution < -0.4 is 5.32 Å². The lowest BCUT2D eigenvalue weighted by Gasteiger charge is -2.04. The van der Waals surface area contributed by atoms with Crippen molar-refractivity contribution in [3.8, 4) is 0 Å². The van der Waals surface area contributed by atoms with Gasteiger partial charge in [-0.2, -0.15) is 0 Å². The summed E-state index contributed by atoms with van der Waals surface area (Å²) in [7, 11) is 0. The molecule has 0 aliphatic rings. The van der Waals surface area contributed by atoms with Crippen molar-refractivity contribution >= 4 is 17.7 Å². The fraction of sp³-hybridized carbons (Fsp3) is 0.308. The molecular weight excluding hydrogens is 218 g/mol. The fourth-order valence-corrected chi connectivity index (χ4v) is 1.70. The van der Waals surface area contributed by atoms with Crippen LogP contribution in [0.5, 0.6) is 0 Å².